The van der Waals surface area contributed by atoms with Gasteiger partial charge in [-0.2, -0.15) is 9.40 Å². The summed E-state index contributed by atoms with van der Waals surface area (Å²) in [6.45, 7) is 6.29. The van der Waals surface area contributed by atoms with Crippen molar-refractivity contribution in [2.24, 2.45) is 12.8 Å². The quantitative estimate of drug-likeness (QED) is 0.833. The van der Waals surface area contributed by atoms with Crippen LogP contribution in [0, 0.1) is 13.8 Å². The first-order valence-electron chi connectivity index (χ1n) is 6.62. The minimum absolute atomic E-state index is 0.205. The minimum Gasteiger partial charge on any atom is -0.374 e. The van der Waals surface area contributed by atoms with E-state index in [0.717, 1.165) is 0 Å². The highest BCUT2D eigenvalue weighted by atomic mass is 32.2. The molecular formula is C12H22N4O3S. The van der Waals surface area contributed by atoms with E-state index in [-0.39, 0.29) is 18.7 Å². The van der Waals surface area contributed by atoms with E-state index in [2.05, 4.69) is 5.10 Å². The standard InChI is InChI=1S/C12H22N4O3S/c1-8(13)11-7-16(5-6-19-11)20(17,18)12-9(2)14-15(4)10(12)3/h8,11H,5-7,13H2,1-4H3. The van der Waals surface area contributed by atoms with Crippen molar-refractivity contribution >= 4 is 10.0 Å². The first-order valence-corrected chi connectivity index (χ1v) is 8.06. The lowest BCUT2D eigenvalue weighted by atomic mass is 10.2. The summed E-state index contributed by atoms with van der Waals surface area (Å²) in [5.74, 6) is 0. The van der Waals surface area contributed by atoms with Crippen molar-refractivity contribution in [3.05, 3.63) is 11.4 Å². The molecule has 2 N–H and O–H groups in total. The average Bonchev–Trinajstić information content (AvgIpc) is 2.63. The van der Waals surface area contributed by atoms with Gasteiger partial charge in [-0.1, -0.05) is 0 Å². The molecule has 1 fully saturated rings. The molecule has 1 saturated heterocycles. The summed E-state index contributed by atoms with van der Waals surface area (Å²) in [5.41, 5.74) is 6.98. The number of nitrogens with zero attached hydrogens (tertiary/aromatic N) is 3. The molecule has 114 valence electrons. The molecule has 1 aromatic rings. The molecule has 0 aromatic carbocycles. The van der Waals surface area contributed by atoms with Crippen LogP contribution in [0.25, 0.3) is 0 Å². The summed E-state index contributed by atoms with van der Waals surface area (Å²) in [6.07, 6.45) is -0.268. The fraction of sp³-hybridized carbons (Fsp3) is 0.750. The number of sulfonamides is 1. The fourth-order valence-corrected chi connectivity index (χ4v) is 4.28. The Morgan fingerprint density at radius 3 is 2.60 bits per heavy atom. The Labute approximate surface area is 119 Å². The molecule has 0 radical (unpaired) electrons. The third-order valence-electron chi connectivity index (χ3n) is 3.68. The number of hydrogen-bond donors (Lipinski definition) is 1. The second-order valence-electron chi connectivity index (χ2n) is 5.25. The second-order valence-corrected chi connectivity index (χ2v) is 7.13. The minimum atomic E-state index is -3.55. The molecule has 1 aliphatic heterocycles. The number of hydrogen-bond acceptors (Lipinski definition) is 5. The zero-order valence-corrected chi connectivity index (χ0v) is 13.1. The third-order valence-corrected chi connectivity index (χ3v) is 5.80. The van der Waals surface area contributed by atoms with Crippen LogP contribution in [0.5, 0.6) is 0 Å². The van der Waals surface area contributed by atoms with Crippen molar-refractivity contribution in [3.63, 3.8) is 0 Å². The summed E-state index contributed by atoms with van der Waals surface area (Å²) in [4.78, 5) is 0.297. The van der Waals surface area contributed by atoms with Gasteiger partial charge in [-0.15, -0.1) is 0 Å². The van der Waals surface area contributed by atoms with E-state index in [1.54, 1.807) is 25.6 Å². The van der Waals surface area contributed by atoms with Crippen LogP contribution in [-0.2, 0) is 21.8 Å². The third kappa shape index (κ3) is 2.60. The second kappa shape index (κ2) is 5.44. The number of nitrogens with two attached hydrogens (primary N) is 1. The number of rotatable bonds is 3. The van der Waals surface area contributed by atoms with E-state index in [1.807, 2.05) is 6.92 Å². The topological polar surface area (TPSA) is 90.5 Å². The summed E-state index contributed by atoms with van der Waals surface area (Å²) in [5, 5.41) is 4.18. The first kappa shape index (κ1) is 15.4. The number of ether oxygens (including phenoxy) is 1. The van der Waals surface area contributed by atoms with Gasteiger partial charge in [-0.25, -0.2) is 8.42 Å². The van der Waals surface area contributed by atoms with E-state index in [9.17, 15) is 8.42 Å². The average molecular weight is 302 g/mol. The summed E-state index contributed by atoms with van der Waals surface area (Å²) in [6, 6.07) is -0.205. The van der Waals surface area contributed by atoms with E-state index in [0.29, 0.717) is 29.4 Å². The molecular weight excluding hydrogens is 280 g/mol. The maximum Gasteiger partial charge on any atom is 0.246 e. The fourth-order valence-electron chi connectivity index (χ4n) is 2.44. The Morgan fingerprint density at radius 1 is 1.45 bits per heavy atom. The molecule has 2 atom stereocenters. The predicted octanol–water partition coefficient (Wildman–Crippen LogP) is -0.226. The van der Waals surface area contributed by atoms with Crippen LogP contribution in [-0.4, -0.2) is 54.3 Å². The highest BCUT2D eigenvalue weighted by Gasteiger charge is 2.35. The Hall–Kier alpha value is -0.960. The van der Waals surface area contributed by atoms with Gasteiger partial charge in [0.25, 0.3) is 0 Å². The lowest BCUT2D eigenvalue weighted by Crippen LogP contribution is -2.51. The van der Waals surface area contributed by atoms with Crippen LogP contribution in [0.4, 0.5) is 0 Å². The van der Waals surface area contributed by atoms with Crippen molar-refractivity contribution in [1.29, 1.82) is 0 Å². The predicted molar refractivity (Wildman–Crippen MR) is 74.8 cm³/mol. The molecule has 0 bridgehead atoms. The van der Waals surface area contributed by atoms with E-state index >= 15 is 0 Å². The molecule has 1 aliphatic rings. The molecule has 0 amide bonds. The van der Waals surface area contributed by atoms with Crippen molar-refractivity contribution in [3.8, 4) is 0 Å². The van der Waals surface area contributed by atoms with Crippen LogP contribution in [0.15, 0.2) is 4.90 Å². The highest BCUT2D eigenvalue weighted by molar-refractivity contribution is 7.89. The van der Waals surface area contributed by atoms with Gasteiger partial charge in [0.15, 0.2) is 0 Å². The lowest BCUT2D eigenvalue weighted by Gasteiger charge is -2.33. The summed E-state index contributed by atoms with van der Waals surface area (Å²) in [7, 11) is -1.81. The molecule has 2 unspecified atom stereocenters. The Kier molecular flexibility index (Phi) is 4.19. The smallest absolute Gasteiger partial charge is 0.246 e. The van der Waals surface area contributed by atoms with Gasteiger partial charge in [0.05, 0.1) is 24.1 Å². The normalized spacial score (nSPS) is 22.9. The van der Waals surface area contributed by atoms with Gasteiger partial charge in [0.2, 0.25) is 10.0 Å². The molecule has 1 aromatic heterocycles. The maximum absolute atomic E-state index is 12.8. The zero-order valence-electron chi connectivity index (χ0n) is 12.3. The van der Waals surface area contributed by atoms with Crippen LogP contribution in [0.1, 0.15) is 18.3 Å². The summed E-state index contributed by atoms with van der Waals surface area (Å²) < 4.78 is 34.1. The molecule has 20 heavy (non-hydrogen) atoms. The van der Waals surface area contributed by atoms with Gasteiger partial charge in [0, 0.05) is 26.2 Å². The van der Waals surface area contributed by atoms with Gasteiger partial charge >= 0.3 is 0 Å². The first-order chi connectivity index (χ1) is 9.25. The van der Waals surface area contributed by atoms with Crippen molar-refractivity contribution < 1.29 is 13.2 Å². The van der Waals surface area contributed by atoms with Crippen LogP contribution < -0.4 is 5.73 Å². The monoisotopic (exact) mass is 302 g/mol. The summed E-state index contributed by atoms with van der Waals surface area (Å²) >= 11 is 0. The van der Waals surface area contributed by atoms with E-state index in [4.69, 9.17) is 10.5 Å². The molecule has 0 saturated carbocycles. The van der Waals surface area contributed by atoms with Crippen molar-refractivity contribution in [2.45, 2.75) is 37.8 Å². The number of aromatic nitrogens is 2. The van der Waals surface area contributed by atoms with Crippen LogP contribution in [0.3, 0.4) is 0 Å². The molecule has 0 aliphatic carbocycles. The largest absolute Gasteiger partial charge is 0.374 e. The Balaban J connectivity index is 2.35. The van der Waals surface area contributed by atoms with E-state index < -0.39 is 10.0 Å². The molecule has 2 rings (SSSR count). The Morgan fingerprint density at radius 2 is 2.10 bits per heavy atom. The lowest BCUT2D eigenvalue weighted by molar-refractivity contribution is -0.0120. The van der Waals surface area contributed by atoms with Crippen molar-refractivity contribution in [2.75, 3.05) is 19.7 Å². The molecule has 2 heterocycles. The number of aryl methyl sites for hydroxylation is 2. The SMILES string of the molecule is Cc1nn(C)c(C)c1S(=O)(=O)N1CCOC(C(C)N)C1. The number of morpholine rings is 1. The van der Waals surface area contributed by atoms with Gasteiger partial charge in [-0.05, 0) is 20.8 Å². The maximum atomic E-state index is 12.8. The van der Waals surface area contributed by atoms with Gasteiger partial charge in [0.1, 0.15) is 4.90 Å². The molecule has 7 nitrogen and oxygen atoms in total. The van der Waals surface area contributed by atoms with E-state index in [1.165, 1.54) is 4.31 Å². The van der Waals surface area contributed by atoms with Crippen LogP contribution in [0.2, 0.25) is 0 Å². The molecule has 8 heteroatoms. The van der Waals surface area contributed by atoms with Crippen LogP contribution >= 0.6 is 0 Å². The Bertz CT molecular complexity index is 594. The highest BCUT2D eigenvalue weighted by Crippen LogP contribution is 2.24. The molecule has 0 spiro atoms. The zero-order chi connectivity index (χ0) is 15.1. The van der Waals surface area contributed by atoms with Crippen molar-refractivity contribution in [1.82, 2.24) is 14.1 Å². The van der Waals surface area contributed by atoms with Gasteiger partial charge < -0.3 is 10.5 Å². The van der Waals surface area contributed by atoms with Gasteiger partial charge in [-0.3, -0.25) is 4.68 Å².